The van der Waals surface area contributed by atoms with Crippen LogP contribution < -0.4 is 5.32 Å². The zero-order valence-corrected chi connectivity index (χ0v) is 13.0. The van der Waals surface area contributed by atoms with Gasteiger partial charge in [0.25, 0.3) is 5.69 Å². The van der Waals surface area contributed by atoms with E-state index in [4.69, 9.17) is 4.74 Å². The maximum atomic E-state index is 12.0. The van der Waals surface area contributed by atoms with Gasteiger partial charge in [-0.3, -0.25) is 19.8 Å². The molecule has 7 heteroatoms. The molecule has 2 aliphatic rings. The van der Waals surface area contributed by atoms with Gasteiger partial charge in [0.15, 0.2) is 0 Å². The standard InChI is InChI=1S/C16H21N3O4/c20-16(17-9-15-2-1-7-23-15)11-18-6-5-12-3-4-14(19(21)22)8-13(12)10-18/h3-4,8,15H,1-2,5-7,9-11H2,(H,17,20)/t15-/m0/s1. The first-order chi connectivity index (χ1) is 11.1. The molecule has 7 nitrogen and oxygen atoms in total. The lowest BCUT2D eigenvalue weighted by Crippen LogP contribution is -2.42. The number of benzene rings is 1. The zero-order chi connectivity index (χ0) is 16.2. The van der Waals surface area contributed by atoms with Crippen LogP contribution in [0.4, 0.5) is 5.69 Å². The smallest absolute Gasteiger partial charge is 0.269 e. The number of nitrogens with one attached hydrogen (secondary N) is 1. The first-order valence-corrected chi connectivity index (χ1v) is 7.98. The van der Waals surface area contributed by atoms with E-state index in [0.29, 0.717) is 19.6 Å². The Morgan fingerprint density at radius 3 is 3.04 bits per heavy atom. The molecule has 1 aromatic rings. The van der Waals surface area contributed by atoms with Crippen LogP contribution in [0.25, 0.3) is 0 Å². The minimum Gasteiger partial charge on any atom is -0.376 e. The van der Waals surface area contributed by atoms with Crippen LogP contribution in [0.5, 0.6) is 0 Å². The predicted octanol–water partition coefficient (Wildman–Crippen LogP) is 1.25. The minimum absolute atomic E-state index is 0.0191. The third-order valence-electron chi connectivity index (χ3n) is 4.41. The van der Waals surface area contributed by atoms with E-state index >= 15 is 0 Å². The minimum atomic E-state index is -0.381. The van der Waals surface area contributed by atoms with E-state index in [-0.39, 0.29) is 22.6 Å². The molecule has 1 amide bonds. The monoisotopic (exact) mass is 319 g/mol. The Morgan fingerprint density at radius 1 is 1.43 bits per heavy atom. The lowest BCUT2D eigenvalue weighted by Gasteiger charge is -2.28. The summed E-state index contributed by atoms with van der Waals surface area (Å²) in [7, 11) is 0. The number of nitro groups is 1. The highest BCUT2D eigenvalue weighted by Crippen LogP contribution is 2.23. The first kappa shape index (κ1) is 15.9. The molecule has 0 unspecified atom stereocenters. The quantitative estimate of drug-likeness (QED) is 0.652. The predicted molar refractivity (Wildman–Crippen MR) is 84.1 cm³/mol. The second-order valence-corrected chi connectivity index (χ2v) is 6.11. The average Bonchev–Trinajstić information content (AvgIpc) is 3.05. The van der Waals surface area contributed by atoms with Crippen LogP contribution in [-0.4, -0.2) is 48.1 Å². The van der Waals surface area contributed by atoms with Crippen molar-refractivity contribution in [3.05, 3.63) is 39.4 Å². The van der Waals surface area contributed by atoms with Gasteiger partial charge in [0.2, 0.25) is 5.91 Å². The highest BCUT2D eigenvalue weighted by atomic mass is 16.6. The number of ether oxygens (including phenoxy) is 1. The topological polar surface area (TPSA) is 84.7 Å². The zero-order valence-electron chi connectivity index (χ0n) is 13.0. The van der Waals surface area contributed by atoms with Crippen LogP contribution >= 0.6 is 0 Å². The van der Waals surface area contributed by atoms with E-state index in [1.165, 1.54) is 0 Å². The van der Waals surface area contributed by atoms with E-state index in [2.05, 4.69) is 5.32 Å². The molecule has 2 aliphatic heterocycles. The van der Waals surface area contributed by atoms with Crippen LogP contribution in [0, 0.1) is 10.1 Å². The number of fused-ring (bicyclic) bond motifs is 1. The van der Waals surface area contributed by atoms with Gasteiger partial charge in [-0.25, -0.2) is 0 Å². The molecule has 1 N–H and O–H groups in total. The highest BCUT2D eigenvalue weighted by molar-refractivity contribution is 5.78. The molecule has 0 saturated carbocycles. The fourth-order valence-corrected chi connectivity index (χ4v) is 3.14. The normalized spacial score (nSPS) is 21.0. The molecule has 0 bridgehead atoms. The molecule has 124 valence electrons. The Kier molecular flexibility index (Phi) is 4.88. The van der Waals surface area contributed by atoms with Crippen molar-refractivity contribution in [2.45, 2.75) is 31.9 Å². The van der Waals surface area contributed by atoms with Gasteiger partial charge in [0.05, 0.1) is 17.6 Å². The molecule has 0 aliphatic carbocycles. The van der Waals surface area contributed by atoms with Crippen molar-refractivity contribution < 1.29 is 14.5 Å². The van der Waals surface area contributed by atoms with Crippen LogP contribution in [0.15, 0.2) is 18.2 Å². The van der Waals surface area contributed by atoms with E-state index in [1.54, 1.807) is 12.1 Å². The Labute approximate surface area is 134 Å². The van der Waals surface area contributed by atoms with Crippen molar-refractivity contribution in [1.29, 1.82) is 0 Å². The Hall–Kier alpha value is -1.99. The number of carbonyl (C=O) groups is 1. The van der Waals surface area contributed by atoms with E-state index in [0.717, 1.165) is 43.5 Å². The number of amides is 1. The second-order valence-electron chi connectivity index (χ2n) is 6.11. The van der Waals surface area contributed by atoms with Crippen molar-refractivity contribution in [1.82, 2.24) is 10.2 Å². The van der Waals surface area contributed by atoms with Gasteiger partial charge < -0.3 is 10.1 Å². The molecular weight excluding hydrogens is 298 g/mol. The highest BCUT2D eigenvalue weighted by Gasteiger charge is 2.21. The fraction of sp³-hybridized carbons (Fsp3) is 0.562. The van der Waals surface area contributed by atoms with Crippen molar-refractivity contribution in [2.24, 2.45) is 0 Å². The number of rotatable bonds is 5. The SMILES string of the molecule is O=C(CN1CCc2ccc([N+](=O)[O-])cc2C1)NC[C@@H]1CCCO1. The number of hydrogen-bond donors (Lipinski definition) is 1. The Morgan fingerprint density at radius 2 is 2.30 bits per heavy atom. The van der Waals surface area contributed by atoms with Gasteiger partial charge in [-0.2, -0.15) is 0 Å². The first-order valence-electron chi connectivity index (χ1n) is 7.98. The summed E-state index contributed by atoms with van der Waals surface area (Å²) in [5.74, 6) is -0.0191. The molecule has 0 aromatic heterocycles. The molecule has 23 heavy (non-hydrogen) atoms. The van der Waals surface area contributed by atoms with Crippen molar-refractivity contribution in [2.75, 3.05) is 26.2 Å². The molecule has 2 heterocycles. The summed E-state index contributed by atoms with van der Waals surface area (Å²) in [6.45, 7) is 3.02. The van der Waals surface area contributed by atoms with Crippen LogP contribution in [-0.2, 0) is 22.5 Å². The van der Waals surface area contributed by atoms with Crippen LogP contribution in [0.2, 0.25) is 0 Å². The summed E-state index contributed by atoms with van der Waals surface area (Å²) >= 11 is 0. The summed E-state index contributed by atoms with van der Waals surface area (Å²) < 4.78 is 5.48. The van der Waals surface area contributed by atoms with E-state index < -0.39 is 0 Å². The maximum absolute atomic E-state index is 12.0. The van der Waals surface area contributed by atoms with Gasteiger partial charge in [0.1, 0.15) is 0 Å². The molecule has 1 saturated heterocycles. The number of hydrogen-bond acceptors (Lipinski definition) is 5. The second kappa shape index (κ2) is 7.06. The number of carbonyl (C=O) groups excluding carboxylic acids is 1. The Balaban J connectivity index is 1.53. The van der Waals surface area contributed by atoms with E-state index in [9.17, 15) is 14.9 Å². The van der Waals surface area contributed by atoms with Gasteiger partial charge in [-0.05, 0) is 30.4 Å². The average molecular weight is 319 g/mol. The third-order valence-corrected chi connectivity index (χ3v) is 4.41. The summed E-state index contributed by atoms with van der Waals surface area (Å²) in [6.07, 6.45) is 3.01. The lowest BCUT2D eigenvalue weighted by molar-refractivity contribution is -0.385. The molecule has 1 aromatic carbocycles. The molecular formula is C16H21N3O4. The summed E-state index contributed by atoms with van der Waals surface area (Å²) in [6, 6.07) is 4.98. The largest absolute Gasteiger partial charge is 0.376 e. The van der Waals surface area contributed by atoms with Crippen molar-refractivity contribution in [3.8, 4) is 0 Å². The fourth-order valence-electron chi connectivity index (χ4n) is 3.14. The Bertz CT molecular complexity index is 599. The molecule has 3 rings (SSSR count). The third kappa shape index (κ3) is 4.05. The molecule has 0 spiro atoms. The van der Waals surface area contributed by atoms with Gasteiger partial charge >= 0.3 is 0 Å². The maximum Gasteiger partial charge on any atom is 0.269 e. The van der Waals surface area contributed by atoms with Crippen LogP contribution in [0.1, 0.15) is 24.0 Å². The van der Waals surface area contributed by atoms with Gasteiger partial charge in [-0.15, -0.1) is 0 Å². The van der Waals surface area contributed by atoms with Gasteiger partial charge in [0, 0.05) is 38.4 Å². The number of nitro benzene ring substituents is 1. The lowest BCUT2D eigenvalue weighted by atomic mass is 9.99. The van der Waals surface area contributed by atoms with E-state index in [1.807, 2.05) is 11.0 Å². The summed E-state index contributed by atoms with van der Waals surface area (Å²) in [5.41, 5.74) is 2.18. The van der Waals surface area contributed by atoms with Crippen molar-refractivity contribution in [3.63, 3.8) is 0 Å². The van der Waals surface area contributed by atoms with Crippen molar-refractivity contribution >= 4 is 11.6 Å². The number of nitrogens with zero attached hydrogens (tertiary/aromatic N) is 2. The summed E-state index contributed by atoms with van der Waals surface area (Å²) in [5, 5.41) is 13.8. The number of non-ortho nitro benzene ring substituents is 1. The van der Waals surface area contributed by atoms with Gasteiger partial charge in [-0.1, -0.05) is 6.07 Å². The summed E-state index contributed by atoms with van der Waals surface area (Å²) in [4.78, 5) is 24.6. The molecule has 0 radical (unpaired) electrons. The molecule has 1 atom stereocenters. The molecule has 1 fully saturated rings. The van der Waals surface area contributed by atoms with Crippen LogP contribution in [0.3, 0.4) is 0 Å².